The van der Waals surface area contributed by atoms with Gasteiger partial charge in [0.25, 0.3) is 0 Å². The van der Waals surface area contributed by atoms with Gasteiger partial charge in [-0.05, 0) is 13.8 Å². The van der Waals surface area contributed by atoms with Crippen LogP contribution >= 0.6 is 0 Å². The molecule has 0 spiro atoms. The van der Waals surface area contributed by atoms with Gasteiger partial charge in [-0.15, -0.1) is 10.2 Å². The Morgan fingerprint density at radius 1 is 1.64 bits per heavy atom. The van der Waals surface area contributed by atoms with E-state index in [0.717, 1.165) is 0 Å². The summed E-state index contributed by atoms with van der Waals surface area (Å²) in [7, 11) is 0. The van der Waals surface area contributed by atoms with Crippen molar-refractivity contribution < 1.29 is 0 Å². The van der Waals surface area contributed by atoms with Gasteiger partial charge in [-0.25, -0.2) is 10.8 Å². The first-order valence-corrected chi connectivity index (χ1v) is 4.22. The zero-order valence-corrected chi connectivity index (χ0v) is 8.15. The van der Waals surface area contributed by atoms with Crippen molar-refractivity contribution in [3.8, 4) is 0 Å². The molecule has 14 heavy (non-hydrogen) atoms. The highest BCUT2D eigenvalue weighted by Crippen LogP contribution is 1.87. The molecule has 0 bridgehead atoms. The molecule has 0 fully saturated rings. The molecule has 1 heterocycles. The number of nitrogens with two attached hydrogens (primary N) is 1. The van der Waals surface area contributed by atoms with Gasteiger partial charge < -0.3 is 5.32 Å². The molecule has 0 radical (unpaired) electrons. The standard InChI is InChI=1S/C6H14N8/c1-4(2)9-6(10-7)8-3-5-11-13-14-12-5/h4H,3,7H2,1-2H3,(H2,8,9,10)(H,11,12,13,14). The number of hydrazine groups is 1. The minimum absolute atomic E-state index is 0.259. The fraction of sp³-hybridized carbons (Fsp3) is 0.667. The molecule has 0 aromatic carbocycles. The van der Waals surface area contributed by atoms with E-state index in [1.165, 1.54) is 0 Å². The van der Waals surface area contributed by atoms with Crippen molar-refractivity contribution in [1.29, 1.82) is 0 Å². The Bertz CT molecular complexity index is 276. The van der Waals surface area contributed by atoms with Crippen molar-refractivity contribution in [2.75, 3.05) is 0 Å². The number of guanidine groups is 1. The van der Waals surface area contributed by atoms with Crippen LogP contribution in [0.15, 0.2) is 4.99 Å². The fourth-order valence-corrected chi connectivity index (χ4v) is 0.806. The zero-order valence-electron chi connectivity index (χ0n) is 8.15. The maximum absolute atomic E-state index is 5.25. The molecule has 0 saturated heterocycles. The molecule has 0 amide bonds. The van der Waals surface area contributed by atoms with Crippen molar-refractivity contribution in [2.24, 2.45) is 10.8 Å². The van der Waals surface area contributed by atoms with E-state index in [4.69, 9.17) is 5.84 Å². The van der Waals surface area contributed by atoms with E-state index in [1.54, 1.807) is 0 Å². The zero-order chi connectivity index (χ0) is 10.4. The smallest absolute Gasteiger partial charge is 0.206 e. The molecule has 0 unspecified atom stereocenters. The first kappa shape index (κ1) is 10.4. The van der Waals surface area contributed by atoms with Gasteiger partial charge in [-0.2, -0.15) is 5.21 Å². The second kappa shape index (κ2) is 5.12. The van der Waals surface area contributed by atoms with Crippen LogP contribution in [0.4, 0.5) is 0 Å². The maximum Gasteiger partial charge on any atom is 0.206 e. The Labute approximate surface area is 81.3 Å². The molecular weight excluding hydrogens is 184 g/mol. The number of aromatic amines is 1. The lowest BCUT2D eigenvalue weighted by Crippen LogP contribution is -2.44. The molecule has 8 nitrogen and oxygen atoms in total. The van der Waals surface area contributed by atoms with Crippen molar-refractivity contribution in [3.05, 3.63) is 5.82 Å². The predicted octanol–water partition coefficient (Wildman–Crippen LogP) is -1.48. The topological polar surface area (TPSA) is 117 Å². The van der Waals surface area contributed by atoms with Gasteiger partial charge in [0.15, 0.2) is 5.82 Å². The van der Waals surface area contributed by atoms with Crippen LogP contribution in [0.2, 0.25) is 0 Å². The van der Waals surface area contributed by atoms with E-state index in [2.05, 4.69) is 36.4 Å². The molecule has 8 heteroatoms. The van der Waals surface area contributed by atoms with E-state index in [9.17, 15) is 0 Å². The average Bonchev–Trinajstić information content (AvgIpc) is 2.64. The summed E-state index contributed by atoms with van der Waals surface area (Å²) in [5, 5.41) is 16.3. The Morgan fingerprint density at radius 2 is 2.43 bits per heavy atom. The van der Waals surface area contributed by atoms with Crippen LogP contribution in [-0.2, 0) is 6.54 Å². The van der Waals surface area contributed by atoms with Crippen molar-refractivity contribution >= 4 is 5.96 Å². The highest BCUT2D eigenvalue weighted by molar-refractivity contribution is 5.79. The van der Waals surface area contributed by atoms with E-state index in [0.29, 0.717) is 18.3 Å². The van der Waals surface area contributed by atoms with Crippen molar-refractivity contribution in [1.82, 2.24) is 31.4 Å². The van der Waals surface area contributed by atoms with E-state index >= 15 is 0 Å². The summed E-state index contributed by atoms with van der Waals surface area (Å²) in [6.45, 7) is 4.30. The third kappa shape index (κ3) is 3.35. The van der Waals surface area contributed by atoms with E-state index in [1.807, 2.05) is 13.8 Å². The Hall–Kier alpha value is -1.70. The van der Waals surface area contributed by atoms with Crippen molar-refractivity contribution in [2.45, 2.75) is 26.4 Å². The lowest BCUT2D eigenvalue weighted by Gasteiger charge is -2.11. The van der Waals surface area contributed by atoms with Crippen LogP contribution in [0.3, 0.4) is 0 Å². The van der Waals surface area contributed by atoms with Crippen LogP contribution in [0.1, 0.15) is 19.7 Å². The van der Waals surface area contributed by atoms with Crippen LogP contribution in [0.25, 0.3) is 0 Å². The fourth-order valence-electron chi connectivity index (χ4n) is 0.806. The molecular formula is C6H14N8. The average molecular weight is 198 g/mol. The number of hydrogen-bond donors (Lipinski definition) is 4. The Balaban J connectivity index is 2.48. The molecule has 0 aliphatic carbocycles. The first-order valence-electron chi connectivity index (χ1n) is 4.22. The predicted molar refractivity (Wildman–Crippen MR) is 50.9 cm³/mol. The lowest BCUT2D eigenvalue weighted by molar-refractivity contribution is 0.700. The van der Waals surface area contributed by atoms with E-state index in [-0.39, 0.29) is 6.04 Å². The van der Waals surface area contributed by atoms with Gasteiger partial charge in [0.2, 0.25) is 5.96 Å². The summed E-state index contributed by atoms with van der Waals surface area (Å²) >= 11 is 0. The minimum Gasteiger partial charge on any atom is -0.353 e. The summed E-state index contributed by atoms with van der Waals surface area (Å²) in [5.41, 5.74) is 2.45. The summed E-state index contributed by atoms with van der Waals surface area (Å²) in [6, 6.07) is 0.259. The summed E-state index contributed by atoms with van der Waals surface area (Å²) < 4.78 is 0. The first-order chi connectivity index (χ1) is 6.72. The largest absolute Gasteiger partial charge is 0.353 e. The van der Waals surface area contributed by atoms with Gasteiger partial charge in [-0.3, -0.25) is 5.43 Å². The normalized spacial score (nSPS) is 11.9. The van der Waals surface area contributed by atoms with Crippen LogP contribution in [-0.4, -0.2) is 32.6 Å². The summed E-state index contributed by atoms with van der Waals surface area (Å²) in [5.74, 6) is 6.27. The Kier molecular flexibility index (Phi) is 3.80. The third-order valence-corrected chi connectivity index (χ3v) is 1.33. The van der Waals surface area contributed by atoms with Gasteiger partial charge in [-0.1, -0.05) is 5.21 Å². The van der Waals surface area contributed by atoms with Gasteiger partial charge in [0, 0.05) is 6.04 Å². The van der Waals surface area contributed by atoms with Gasteiger partial charge in [0.05, 0.1) is 0 Å². The number of hydrogen-bond acceptors (Lipinski definition) is 5. The van der Waals surface area contributed by atoms with Crippen LogP contribution < -0.4 is 16.6 Å². The second-order valence-corrected chi connectivity index (χ2v) is 2.94. The number of H-pyrrole nitrogens is 1. The highest BCUT2D eigenvalue weighted by Gasteiger charge is 2.00. The molecule has 0 saturated carbocycles. The molecule has 0 aliphatic heterocycles. The quantitative estimate of drug-likeness (QED) is 0.203. The number of aliphatic imine (C=N–C) groups is 1. The summed E-state index contributed by atoms with van der Waals surface area (Å²) in [6.07, 6.45) is 0. The molecule has 1 aromatic heterocycles. The minimum atomic E-state index is 0.259. The summed E-state index contributed by atoms with van der Waals surface area (Å²) in [4.78, 5) is 4.11. The van der Waals surface area contributed by atoms with Crippen molar-refractivity contribution in [3.63, 3.8) is 0 Å². The third-order valence-electron chi connectivity index (χ3n) is 1.33. The van der Waals surface area contributed by atoms with Crippen LogP contribution in [0, 0.1) is 0 Å². The number of tetrazole rings is 1. The molecule has 1 aromatic rings. The second-order valence-electron chi connectivity index (χ2n) is 2.94. The maximum atomic E-state index is 5.25. The van der Waals surface area contributed by atoms with Crippen LogP contribution in [0.5, 0.6) is 0 Å². The lowest BCUT2D eigenvalue weighted by atomic mass is 10.4. The molecule has 1 rings (SSSR count). The number of nitrogens with one attached hydrogen (secondary N) is 3. The number of rotatable bonds is 3. The Morgan fingerprint density at radius 3 is 2.93 bits per heavy atom. The molecule has 78 valence electrons. The van der Waals surface area contributed by atoms with E-state index < -0.39 is 0 Å². The molecule has 0 aliphatic rings. The number of nitrogens with zero attached hydrogens (tertiary/aromatic N) is 4. The molecule has 5 N–H and O–H groups in total. The SMILES string of the molecule is CC(C)NC(=NCc1nn[nH]n1)NN. The van der Waals surface area contributed by atoms with Gasteiger partial charge in [0.1, 0.15) is 6.54 Å². The number of aromatic nitrogens is 4. The monoisotopic (exact) mass is 198 g/mol. The molecule has 0 atom stereocenters. The van der Waals surface area contributed by atoms with Gasteiger partial charge >= 0.3 is 0 Å². The highest BCUT2D eigenvalue weighted by atomic mass is 15.5.